The number of thioether (sulfide) groups is 2. The van der Waals surface area contributed by atoms with E-state index in [1.165, 1.54) is 4.68 Å². The third-order valence-electron chi connectivity index (χ3n) is 5.33. The van der Waals surface area contributed by atoms with Crippen LogP contribution in [0, 0.1) is 5.41 Å². The molecule has 36 heavy (non-hydrogen) atoms. The summed E-state index contributed by atoms with van der Waals surface area (Å²) in [5.74, 6) is -6.70. The Hall–Kier alpha value is -2.61. The van der Waals surface area contributed by atoms with Gasteiger partial charge in [0.2, 0.25) is 27.0 Å². The van der Waals surface area contributed by atoms with Gasteiger partial charge in [0.25, 0.3) is 5.91 Å². The van der Waals surface area contributed by atoms with Crippen molar-refractivity contribution in [3.8, 4) is 0 Å². The summed E-state index contributed by atoms with van der Waals surface area (Å²) in [4.78, 5) is 49.0. The van der Waals surface area contributed by atoms with Gasteiger partial charge in [-0.3, -0.25) is 19.2 Å². The number of aliphatic carboxylic acids is 1. The fraction of sp³-hybridized carbons (Fsp3) is 0.688. The van der Waals surface area contributed by atoms with Crippen molar-refractivity contribution in [3.63, 3.8) is 0 Å². The minimum absolute atomic E-state index is 0.0567. The maximum Gasteiger partial charge on any atom is 0.404 e. The van der Waals surface area contributed by atoms with Crippen LogP contribution < -0.4 is 5.73 Å². The predicted octanol–water partition coefficient (Wildman–Crippen LogP) is -1.26. The molecule has 0 radical (unpaired) electrons. The molecule has 1 aromatic rings. The van der Waals surface area contributed by atoms with E-state index in [-0.39, 0.29) is 40.5 Å². The fourth-order valence-electron chi connectivity index (χ4n) is 3.67. The molecule has 2 aliphatic heterocycles. The first-order valence-electron chi connectivity index (χ1n) is 10.0. The smallest absolute Gasteiger partial charge is 0.404 e. The molecule has 2 aliphatic rings. The number of alkyl halides is 3. The Morgan fingerprint density at radius 1 is 1.36 bits per heavy atom. The van der Waals surface area contributed by atoms with E-state index in [9.17, 15) is 45.9 Å². The number of amides is 3. The monoisotopic (exact) mass is 575 g/mol. The molecule has 3 N–H and O–H groups in total. The van der Waals surface area contributed by atoms with Crippen LogP contribution in [0.3, 0.4) is 0 Å². The lowest BCUT2D eigenvalue weighted by Crippen LogP contribution is -2.75. The highest BCUT2D eigenvalue weighted by atomic mass is 32.2. The number of halogens is 3. The Balaban J connectivity index is 1.76. The molecule has 2 unspecified atom stereocenters. The highest BCUT2D eigenvalue weighted by molar-refractivity contribution is 8.00. The second kappa shape index (κ2) is 10.0. The van der Waals surface area contributed by atoms with Gasteiger partial charge >= 0.3 is 12.1 Å². The molecule has 2 fully saturated rings. The zero-order valence-corrected chi connectivity index (χ0v) is 20.9. The summed E-state index contributed by atoms with van der Waals surface area (Å²) in [7, 11) is -5.20. The van der Waals surface area contributed by atoms with Gasteiger partial charge in [0.05, 0.1) is 6.54 Å². The van der Waals surface area contributed by atoms with E-state index >= 15 is 0 Å². The minimum atomic E-state index is -5.20. The summed E-state index contributed by atoms with van der Waals surface area (Å²) in [5.41, 5.74) is 3.56. The average Bonchev–Trinajstić information content (AvgIpc) is 3.19. The minimum Gasteiger partial charge on any atom is -0.481 e. The van der Waals surface area contributed by atoms with Crippen molar-refractivity contribution in [2.24, 2.45) is 11.1 Å². The number of tetrazole rings is 1. The predicted molar refractivity (Wildman–Crippen MR) is 117 cm³/mol. The molecule has 2 saturated heterocycles. The van der Waals surface area contributed by atoms with E-state index in [1.54, 1.807) is 0 Å². The molecule has 3 atom stereocenters. The number of β-lactam (4-membered cyclic amide) rings is 1. The van der Waals surface area contributed by atoms with E-state index in [4.69, 9.17) is 5.73 Å². The van der Waals surface area contributed by atoms with Gasteiger partial charge in [-0.1, -0.05) is 11.8 Å². The zero-order chi connectivity index (χ0) is 27.1. The van der Waals surface area contributed by atoms with Gasteiger partial charge in [0.15, 0.2) is 11.8 Å². The third kappa shape index (κ3) is 5.69. The molecule has 14 nitrogen and oxygen atoms in total. The number of aromatic nitrogens is 4. The molecule has 3 amide bonds. The third-order valence-corrected chi connectivity index (χ3v) is 9.92. The number of rotatable bonds is 10. The highest BCUT2D eigenvalue weighted by Gasteiger charge is 2.61. The molecule has 3 rings (SSSR count). The van der Waals surface area contributed by atoms with E-state index in [0.29, 0.717) is 0 Å². The molecular formula is C16H20F3N7O7S3. The van der Waals surface area contributed by atoms with Crippen molar-refractivity contribution in [2.45, 2.75) is 42.6 Å². The van der Waals surface area contributed by atoms with Gasteiger partial charge in [0, 0.05) is 31.4 Å². The number of carboxylic acids is 1. The van der Waals surface area contributed by atoms with Crippen LogP contribution in [0.2, 0.25) is 0 Å². The summed E-state index contributed by atoms with van der Waals surface area (Å²) in [6, 6.07) is -1.71. The lowest BCUT2D eigenvalue weighted by atomic mass is 9.89. The summed E-state index contributed by atoms with van der Waals surface area (Å²) in [6.45, 7) is 0.412. The van der Waals surface area contributed by atoms with Crippen LogP contribution in [0.25, 0.3) is 0 Å². The van der Waals surface area contributed by atoms with Gasteiger partial charge in [0.1, 0.15) is 10.8 Å². The molecule has 1 aromatic heterocycles. The van der Waals surface area contributed by atoms with Crippen LogP contribution in [-0.2, 0) is 35.7 Å². The number of hydrogen-bond acceptors (Lipinski definition) is 11. The van der Waals surface area contributed by atoms with Gasteiger partial charge < -0.3 is 15.7 Å². The zero-order valence-electron chi connectivity index (χ0n) is 18.4. The molecule has 200 valence electrons. The number of carbonyl (C=O) groups excluding carboxylic acids is 3. The van der Waals surface area contributed by atoms with Crippen LogP contribution >= 0.6 is 23.5 Å². The SMILES string of the molecule is CC(=O)N(C1C(=O)N2CC(CSc3nnnn3CCC(N)=O)(C(=O)O)CS[C@H]12)S(=O)(=O)CC(F)(F)F. The van der Waals surface area contributed by atoms with Crippen LogP contribution in [0.1, 0.15) is 13.3 Å². The number of aryl methyl sites for hydroxylation is 1. The summed E-state index contributed by atoms with van der Waals surface area (Å²) < 4.78 is 64.1. The Morgan fingerprint density at radius 3 is 2.58 bits per heavy atom. The van der Waals surface area contributed by atoms with Crippen LogP contribution in [0.4, 0.5) is 13.2 Å². The van der Waals surface area contributed by atoms with Crippen molar-refractivity contribution < 1.29 is 45.9 Å². The van der Waals surface area contributed by atoms with Crippen molar-refractivity contribution in [3.05, 3.63) is 0 Å². The number of sulfonamides is 1. The lowest BCUT2D eigenvalue weighted by molar-refractivity contribution is -0.161. The maximum absolute atomic E-state index is 12.8. The molecule has 0 aromatic carbocycles. The molecule has 0 aliphatic carbocycles. The average molecular weight is 576 g/mol. The maximum atomic E-state index is 12.8. The second-order valence-corrected chi connectivity index (χ2v) is 12.0. The van der Waals surface area contributed by atoms with Crippen molar-refractivity contribution >= 4 is 57.2 Å². The van der Waals surface area contributed by atoms with Crippen molar-refractivity contribution in [1.82, 2.24) is 29.4 Å². The van der Waals surface area contributed by atoms with E-state index in [0.717, 1.165) is 35.3 Å². The number of carbonyl (C=O) groups is 4. The number of primary amides is 1. The highest BCUT2D eigenvalue weighted by Crippen LogP contribution is 2.46. The van der Waals surface area contributed by atoms with Gasteiger partial charge in [-0.15, -0.1) is 16.9 Å². The molecular weight excluding hydrogens is 555 g/mol. The normalized spacial score (nSPS) is 24.1. The fourth-order valence-corrected chi connectivity index (χ4v) is 8.05. The first-order valence-corrected chi connectivity index (χ1v) is 13.6. The van der Waals surface area contributed by atoms with Gasteiger partial charge in [-0.05, 0) is 10.4 Å². The van der Waals surface area contributed by atoms with Crippen LogP contribution in [-0.4, -0.2) is 108 Å². The van der Waals surface area contributed by atoms with E-state index in [1.807, 2.05) is 0 Å². The van der Waals surface area contributed by atoms with E-state index in [2.05, 4.69) is 15.5 Å². The van der Waals surface area contributed by atoms with Gasteiger partial charge in [-0.2, -0.15) is 13.2 Å². The molecule has 0 saturated carbocycles. The summed E-state index contributed by atoms with van der Waals surface area (Å²) >= 11 is 1.79. The van der Waals surface area contributed by atoms with Crippen molar-refractivity contribution in [1.29, 1.82) is 0 Å². The Morgan fingerprint density at radius 2 is 2.03 bits per heavy atom. The lowest BCUT2D eigenvalue weighted by Gasteiger charge is -2.55. The number of fused-ring (bicyclic) bond motifs is 1. The second-order valence-electron chi connectivity index (χ2n) is 8.07. The summed E-state index contributed by atoms with van der Waals surface area (Å²) in [6.07, 6.45) is -5.20. The van der Waals surface area contributed by atoms with Gasteiger partial charge in [-0.25, -0.2) is 17.4 Å². The number of carboxylic acid groups (broad SMARTS) is 1. The quantitative estimate of drug-likeness (QED) is 0.248. The summed E-state index contributed by atoms with van der Waals surface area (Å²) in [5, 5.41) is 20.0. The topological polar surface area (TPSA) is 199 Å². The first-order chi connectivity index (χ1) is 16.6. The molecule has 3 heterocycles. The Kier molecular flexibility index (Phi) is 7.80. The van der Waals surface area contributed by atoms with E-state index < -0.39 is 62.5 Å². The largest absolute Gasteiger partial charge is 0.481 e. The Bertz CT molecular complexity index is 1180. The standard InChI is InChI=1S/C16H20F3N7O7S3/c1-8(27)26(36(32,33)7-16(17,18)19)10-11(29)24-4-15(13(30)31,5-34-12(10)24)6-35-14-21-22-23-25(14)3-2-9(20)28/h10,12H,2-7H2,1H3,(H2,20,28)(H,30,31)/t10?,12-,15?/m1/s1. The molecule has 0 spiro atoms. The van der Waals surface area contributed by atoms with Crippen LogP contribution in [0.5, 0.6) is 0 Å². The van der Waals surface area contributed by atoms with Crippen molar-refractivity contribution in [2.75, 3.05) is 23.8 Å². The number of nitrogens with two attached hydrogens (primary N) is 1. The first kappa shape index (κ1) is 28.0. The number of hydrogen-bond donors (Lipinski definition) is 2. The molecule has 20 heteroatoms. The van der Waals surface area contributed by atoms with Crippen LogP contribution in [0.15, 0.2) is 5.16 Å². The number of nitrogens with zero attached hydrogens (tertiary/aromatic N) is 6. The Labute approximate surface area is 210 Å². The molecule has 0 bridgehead atoms.